The first kappa shape index (κ1) is 10.4. The van der Waals surface area contributed by atoms with Crippen LogP contribution in [0, 0.1) is 11.8 Å². The standard InChI is InChI=1S/C11H22N2O/c1-9-2-4-13(5-3-9)6-10-7-14-8-11(10)12/h9-11H,2-8,12H2,1H3. The average Bonchev–Trinajstić information content (AvgIpc) is 2.56. The van der Waals surface area contributed by atoms with Gasteiger partial charge in [-0.1, -0.05) is 6.92 Å². The van der Waals surface area contributed by atoms with Crippen LogP contribution in [0.25, 0.3) is 0 Å². The summed E-state index contributed by atoms with van der Waals surface area (Å²) in [5.74, 6) is 1.49. The smallest absolute Gasteiger partial charge is 0.0621 e. The van der Waals surface area contributed by atoms with Crippen LogP contribution < -0.4 is 5.73 Å². The van der Waals surface area contributed by atoms with Gasteiger partial charge in [-0.3, -0.25) is 0 Å². The Labute approximate surface area is 86.6 Å². The van der Waals surface area contributed by atoms with Crippen molar-refractivity contribution in [3.63, 3.8) is 0 Å². The van der Waals surface area contributed by atoms with Crippen LogP contribution in [-0.2, 0) is 4.74 Å². The number of ether oxygens (including phenoxy) is 1. The van der Waals surface area contributed by atoms with Gasteiger partial charge in [0.15, 0.2) is 0 Å². The lowest BCUT2D eigenvalue weighted by Crippen LogP contribution is -2.41. The first-order valence-corrected chi connectivity index (χ1v) is 5.81. The van der Waals surface area contributed by atoms with Crippen LogP contribution in [-0.4, -0.2) is 43.8 Å². The molecule has 2 N–H and O–H groups in total. The fourth-order valence-corrected chi connectivity index (χ4v) is 2.38. The number of nitrogens with zero attached hydrogens (tertiary/aromatic N) is 1. The highest BCUT2D eigenvalue weighted by Gasteiger charge is 2.27. The molecule has 2 aliphatic rings. The largest absolute Gasteiger partial charge is 0.379 e. The maximum absolute atomic E-state index is 5.97. The summed E-state index contributed by atoms with van der Waals surface area (Å²) in [6.45, 7) is 7.63. The van der Waals surface area contributed by atoms with Crippen molar-refractivity contribution in [1.29, 1.82) is 0 Å². The van der Waals surface area contributed by atoms with Crippen molar-refractivity contribution in [3.8, 4) is 0 Å². The van der Waals surface area contributed by atoms with E-state index < -0.39 is 0 Å². The minimum Gasteiger partial charge on any atom is -0.379 e. The molecule has 2 heterocycles. The lowest BCUT2D eigenvalue weighted by Gasteiger charge is -2.32. The molecule has 0 amide bonds. The van der Waals surface area contributed by atoms with Crippen LogP contribution in [0.15, 0.2) is 0 Å². The highest BCUT2D eigenvalue weighted by molar-refractivity contribution is 4.82. The Bertz CT molecular complexity index is 178. The van der Waals surface area contributed by atoms with E-state index in [0.29, 0.717) is 5.92 Å². The Kier molecular flexibility index (Phi) is 3.42. The molecule has 2 atom stereocenters. The van der Waals surface area contributed by atoms with Crippen LogP contribution in [0.4, 0.5) is 0 Å². The van der Waals surface area contributed by atoms with E-state index in [2.05, 4.69) is 11.8 Å². The SMILES string of the molecule is CC1CCN(CC2COCC2N)CC1. The Morgan fingerprint density at radius 3 is 2.57 bits per heavy atom. The minimum absolute atomic E-state index is 0.273. The first-order valence-electron chi connectivity index (χ1n) is 5.81. The van der Waals surface area contributed by atoms with Gasteiger partial charge in [0.1, 0.15) is 0 Å². The van der Waals surface area contributed by atoms with Crippen molar-refractivity contribution in [1.82, 2.24) is 4.90 Å². The summed E-state index contributed by atoms with van der Waals surface area (Å²) in [5, 5.41) is 0. The average molecular weight is 198 g/mol. The zero-order valence-electron chi connectivity index (χ0n) is 9.11. The Balaban J connectivity index is 1.74. The quantitative estimate of drug-likeness (QED) is 0.709. The molecule has 0 bridgehead atoms. The van der Waals surface area contributed by atoms with Gasteiger partial charge in [-0.2, -0.15) is 0 Å². The van der Waals surface area contributed by atoms with Crippen LogP contribution in [0.2, 0.25) is 0 Å². The van der Waals surface area contributed by atoms with Crippen molar-refractivity contribution >= 4 is 0 Å². The summed E-state index contributed by atoms with van der Waals surface area (Å²) in [4.78, 5) is 2.55. The van der Waals surface area contributed by atoms with Crippen molar-refractivity contribution in [2.75, 3.05) is 32.8 Å². The second-order valence-electron chi connectivity index (χ2n) is 4.94. The van der Waals surface area contributed by atoms with E-state index in [4.69, 9.17) is 10.5 Å². The number of nitrogens with two attached hydrogens (primary N) is 1. The molecule has 3 nitrogen and oxygen atoms in total. The van der Waals surface area contributed by atoms with Crippen molar-refractivity contribution < 1.29 is 4.74 Å². The van der Waals surface area contributed by atoms with E-state index in [0.717, 1.165) is 25.7 Å². The molecule has 82 valence electrons. The zero-order chi connectivity index (χ0) is 9.97. The third-order valence-electron chi connectivity index (χ3n) is 3.62. The Morgan fingerprint density at radius 2 is 2.00 bits per heavy atom. The summed E-state index contributed by atoms with van der Waals surface area (Å²) in [6, 6.07) is 0.273. The fourth-order valence-electron chi connectivity index (χ4n) is 2.38. The summed E-state index contributed by atoms with van der Waals surface area (Å²) in [5.41, 5.74) is 5.97. The Morgan fingerprint density at radius 1 is 1.29 bits per heavy atom. The molecule has 2 aliphatic heterocycles. The molecule has 0 aromatic heterocycles. The minimum atomic E-state index is 0.273. The molecular weight excluding hydrogens is 176 g/mol. The third-order valence-corrected chi connectivity index (χ3v) is 3.62. The van der Waals surface area contributed by atoms with Crippen LogP contribution in [0.3, 0.4) is 0 Å². The molecule has 2 fully saturated rings. The topological polar surface area (TPSA) is 38.5 Å². The molecular formula is C11H22N2O. The number of hydrogen-bond donors (Lipinski definition) is 1. The molecule has 2 rings (SSSR count). The predicted molar refractivity (Wildman–Crippen MR) is 57.1 cm³/mol. The number of hydrogen-bond acceptors (Lipinski definition) is 3. The molecule has 0 saturated carbocycles. The second-order valence-corrected chi connectivity index (χ2v) is 4.94. The molecule has 0 aliphatic carbocycles. The van der Waals surface area contributed by atoms with Crippen molar-refractivity contribution in [2.24, 2.45) is 17.6 Å². The van der Waals surface area contributed by atoms with E-state index in [-0.39, 0.29) is 6.04 Å². The van der Waals surface area contributed by atoms with E-state index in [1.165, 1.54) is 25.9 Å². The van der Waals surface area contributed by atoms with E-state index >= 15 is 0 Å². The zero-order valence-corrected chi connectivity index (χ0v) is 9.11. The van der Waals surface area contributed by atoms with Gasteiger partial charge in [0.2, 0.25) is 0 Å². The van der Waals surface area contributed by atoms with Gasteiger partial charge in [-0.05, 0) is 31.8 Å². The van der Waals surface area contributed by atoms with Gasteiger partial charge in [0, 0.05) is 18.5 Å². The predicted octanol–water partition coefficient (Wildman–Crippen LogP) is 0.692. The van der Waals surface area contributed by atoms with Crippen LogP contribution >= 0.6 is 0 Å². The molecule has 2 saturated heterocycles. The van der Waals surface area contributed by atoms with E-state index in [9.17, 15) is 0 Å². The normalized spacial score (nSPS) is 36.4. The lowest BCUT2D eigenvalue weighted by atomic mass is 9.97. The monoisotopic (exact) mass is 198 g/mol. The fraction of sp³-hybridized carbons (Fsp3) is 1.00. The van der Waals surface area contributed by atoms with Gasteiger partial charge in [-0.25, -0.2) is 0 Å². The molecule has 0 aromatic rings. The number of rotatable bonds is 2. The van der Waals surface area contributed by atoms with Crippen LogP contribution in [0.1, 0.15) is 19.8 Å². The molecule has 0 aromatic carbocycles. The van der Waals surface area contributed by atoms with Crippen LogP contribution in [0.5, 0.6) is 0 Å². The summed E-state index contributed by atoms with van der Waals surface area (Å²) >= 11 is 0. The van der Waals surface area contributed by atoms with Gasteiger partial charge < -0.3 is 15.4 Å². The first-order chi connectivity index (χ1) is 6.75. The van der Waals surface area contributed by atoms with E-state index in [1.807, 2.05) is 0 Å². The Hall–Kier alpha value is -0.120. The second kappa shape index (κ2) is 4.60. The lowest BCUT2D eigenvalue weighted by molar-refractivity contribution is 0.144. The van der Waals surface area contributed by atoms with Crippen molar-refractivity contribution in [2.45, 2.75) is 25.8 Å². The summed E-state index contributed by atoms with van der Waals surface area (Å²) in [6.07, 6.45) is 2.70. The number of likely N-dealkylation sites (tertiary alicyclic amines) is 1. The maximum atomic E-state index is 5.97. The van der Waals surface area contributed by atoms with Gasteiger partial charge in [0.05, 0.1) is 13.2 Å². The number of piperidine rings is 1. The molecule has 0 spiro atoms. The maximum Gasteiger partial charge on any atom is 0.0621 e. The molecule has 3 heteroatoms. The van der Waals surface area contributed by atoms with Gasteiger partial charge in [-0.15, -0.1) is 0 Å². The highest BCUT2D eigenvalue weighted by Crippen LogP contribution is 2.19. The summed E-state index contributed by atoms with van der Waals surface area (Å²) in [7, 11) is 0. The summed E-state index contributed by atoms with van der Waals surface area (Å²) < 4.78 is 5.38. The highest BCUT2D eigenvalue weighted by atomic mass is 16.5. The third kappa shape index (κ3) is 2.47. The molecule has 2 unspecified atom stereocenters. The van der Waals surface area contributed by atoms with Gasteiger partial charge in [0.25, 0.3) is 0 Å². The van der Waals surface area contributed by atoms with E-state index in [1.54, 1.807) is 0 Å². The van der Waals surface area contributed by atoms with Gasteiger partial charge >= 0.3 is 0 Å². The molecule has 0 radical (unpaired) electrons. The molecule has 14 heavy (non-hydrogen) atoms. The van der Waals surface area contributed by atoms with Crippen molar-refractivity contribution in [3.05, 3.63) is 0 Å².